The molecule has 4 aliphatic rings. The van der Waals surface area contributed by atoms with Crippen LogP contribution < -0.4 is 25.9 Å². The Labute approximate surface area is 356 Å². The fourth-order valence-electron chi connectivity index (χ4n) is 11.9. The third-order valence-corrected chi connectivity index (χ3v) is 24.7. The van der Waals surface area contributed by atoms with E-state index < -0.39 is 16.1 Å². The highest BCUT2D eigenvalue weighted by Crippen LogP contribution is 2.58. The van der Waals surface area contributed by atoms with Gasteiger partial charge in [0.2, 0.25) is 6.71 Å². The second-order valence-electron chi connectivity index (χ2n) is 19.4. The van der Waals surface area contributed by atoms with Gasteiger partial charge in [0, 0.05) is 50.6 Å². The summed E-state index contributed by atoms with van der Waals surface area (Å²) in [6.45, 7) is 17.9. The fraction of sp³-hybridized carbons (Fsp3) is 0.148. The molecule has 0 atom stereocenters. The topological polar surface area (TPSA) is 11.4 Å². The molecule has 60 heavy (non-hydrogen) atoms. The number of hydrogen-bond donors (Lipinski definition) is 0. The zero-order valence-corrected chi connectivity index (χ0v) is 37.5. The molecular weight excluding hydrogens is 758 g/mol. The molecule has 0 saturated heterocycles. The molecule has 0 unspecified atom stereocenters. The Morgan fingerprint density at radius 1 is 0.500 bits per heavy atom. The van der Waals surface area contributed by atoms with E-state index in [1.807, 2.05) is 0 Å². The van der Waals surface area contributed by atoms with Gasteiger partial charge in [0.05, 0.1) is 19.1 Å². The number of aromatic nitrogens is 1. The molecule has 0 amide bonds. The number of fused-ring (bicyclic) bond motifs is 9. The molecule has 5 heterocycles. The zero-order chi connectivity index (χ0) is 40.9. The molecule has 12 rings (SSSR count). The quantitative estimate of drug-likeness (QED) is 0.165. The van der Waals surface area contributed by atoms with Crippen molar-refractivity contribution < 1.29 is 0 Å². The summed E-state index contributed by atoms with van der Waals surface area (Å²) in [7, 11) is -4.31. The maximum Gasteiger partial charge on any atom is 0.244 e. The molecule has 0 fully saturated rings. The largest absolute Gasteiger partial charge is 0.312 e. The number of para-hydroxylation sites is 4. The van der Waals surface area contributed by atoms with Crippen molar-refractivity contribution in [2.24, 2.45) is 0 Å². The van der Waals surface area contributed by atoms with Gasteiger partial charge in [-0.2, -0.15) is 0 Å². The van der Waals surface area contributed by atoms with Crippen LogP contribution in [0.5, 0.6) is 0 Å². The van der Waals surface area contributed by atoms with Crippen LogP contribution >= 0.6 is 0 Å². The van der Waals surface area contributed by atoms with Crippen LogP contribution in [0, 0.1) is 0 Å². The van der Waals surface area contributed by atoms with Crippen LogP contribution in [0.4, 0.5) is 28.4 Å². The van der Waals surface area contributed by atoms with E-state index in [9.17, 15) is 0 Å². The standard InChI is InChI=1S/C54H48BN3Si2/c1-54(2,3)35-32-46-50-47(33-35)58(37-22-12-9-13-23-37)51-49-41-26-16-19-29-48(41)59(4,5)53(49)60(6,7)52(51)55(50)42-31-30-38(34-45(42)56(46)36-20-10-8-11-21-36)57-43-27-17-14-24-39(43)40-25-15-18-28-44(40)57/h8-34H,1-7H3. The molecule has 0 aliphatic carbocycles. The summed E-state index contributed by atoms with van der Waals surface area (Å²) in [6, 6.07) is 62.1. The Bertz CT molecular complexity index is 3150. The zero-order valence-electron chi connectivity index (χ0n) is 35.5. The van der Waals surface area contributed by atoms with E-state index in [0.29, 0.717) is 0 Å². The van der Waals surface area contributed by atoms with Crippen molar-refractivity contribution in [2.45, 2.75) is 52.4 Å². The average Bonchev–Trinajstić information content (AvgIpc) is 3.82. The van der Waals surface area contributed by atoms with Crippen LogP contribution in [-0.4, -0.2) is 27.4 Å². The number of allylic oxidation sites excluding steroid dienone is 1. The van der Waals surface area contributed by atoms with E-state index in [0.717, 1.165) is 0 Å². The maximum absolute atomic E-state index is 2.71. The molecule has 0 N–H and O–H groups in total. The van der Waals surface area contributed by atoms with Gasteiger partial charge in [-0.3, -0.25) is 0 Å². The molecule has 1 aromatic heterocycles. The fourth-order valence-corrected chi connectivity index (χ4v) is 24.5. The van der Waals surface area contributed by atoms with Crippen LogP contribution in [0.15, 0.2) is 179 Å². The van der Waals surface area contributed by atoms with Crippen molar-refractivity contribution >= 4 is 94.8 Å². The van der Waals surface area contributed by atoms with E-state index in [2.05, 4.69) is 225 Å². The van der Waals surface area contributed by atoms with E-state index in [1.165, 1.54) is 83.7 Å². The number of nitrogens with zero attached hydrogens (tertiary/aromatic N) is 3. The average molecular weight is 806 g/mol. The second-order valence-corrected chi connectivity index (χ2v) is 28.5. The minimum Gasteiger partial charge on any atom is -0.312 e. The molecule has 6 heteroatoms. The van der Waals surface area contributed by atoms with Gasteiger partial charge in [-0.1, -0.05) is 160 Å². The Morgan fingerprint density at radius 3 is 1.68 bits per heavy atom. The first-order valence-corrected chi connectivity index (χ1v) is 27.6. The summed E-state index contributed by atoms with van der Waals surface area (Å²) in [5.74, 6) is 0. The predicted octanol–water partition coefficient (Wildman–Crippen LogP) is 12.1. The van der Waals surface area contributed by atoms with Crippen molar-refractivity contribution in [2.75, 3.05) is 9.80 Å². The maximum atomic E-state index is 2.71. The van der Waals surface area contributed by atoms with Gasteiger partial charge in [-0.05, 0) is 98.9 Å². The summed E-state index contributed by atoms with van der Waals surface area (Å²) < 4.78 is 2.48. The number of benzene rings is 7. The van der Waals surface area contributed by atoms with Crippen molar-refractivity contribution in [3.8, 4) is 5.69 Å². The molecule has 0 spiro atoms. The van der Waals surface area contributed by atoms with Crippen LogP contribution in [0.25, 0.3) is 33.1 Å². The first-order chi connectivity index (χ1) is 29.0. The van der Waals surface area contributed by atoms with E-state index in [1.54, 1.807) is 20.7 Å². The Balaban J connectivity index is 1.23. The summed E-state index contributed by atoms with van der Waals surface area (Å²) >= 11 is 0. The van der Waals surface area contributed by atoms with Crippen LogP contribution in [0.1, 0.15) is 31.9 Å². The van der Waals surface area contributed by atoms with Gasteiger partial charge in [-0.15, -0.1) is 0 Å². The lowest BCUT2D eigenvalue weighted by atomic mass is 9.36. The van der Waals surface area contributed by atoms with Crippen LogP contribution in [0.2, 0.25) is 26.2 Å². The highest BCUT2D eigenvalue weighted by molar-refractivity contribution is 7.23. The summed E-state index contributed by atoms with van der Waals surface area (Å²) in [5.41, 5.74) is 18.5. The van der Waals surface area contributed by atoms with Crippen molar-refractivity contribution in [1.29, 1.82) is 0 Å². The van der Waals surface area contributed by atoms with E-state index in [4.69, 9.17) is 0 Å². The molecule has 290 valence electrons. The minimum absolute atomic E-state index is 0.0888. The smallest absolute Gasteiger partial charge is 0.244 e. The minimum atomic E-state index is -2.29. The Morgan fingerprint density at radius 2 is 1.05 bits per heavy atom. The lowest BCUT2D eigenvalue weighted by molar-refractivity contribution is 0.590. The first kappa shape index (κ1) is 35.8. The molecule has 3 nitrogen and oxygen atoms in total. The van der Waals surface area contributed by atoms with Crippen LogP contribution in [0.3, 0.4) is 0 Å². The lowest BCUT2D eigenvalue weighted by Crippen LogP contribution is -2.62. The van der Waals surface area contributed by atoms with Gasteiger partial charge in [0.1, 0.15) is 8.07 Å². The molecule has 0 radical (unpaired) electrons. The Kier molecular flexibility index (Phi) is 7.31. The van der Waals surface area contributed by atoms with E-state index >= 15 is 0 Å². The normalized spacial score (nSPS) is 16.9. The highest BCUT2D eigenvalue weighted by atomic mass is 28.4. The van der Waals surface area contributed by atoms with Gasteiger partial charge < -0.3 is 14.4 Å². The molecule has 4 aliphatic heterocycles. The second kappa shape index (κ2) is 12.2. The third-order valence-electron chi connectivity index (χ3n) is 14.3. The number of rotatable bonds is 3. The molecule has 0 saturated carbocycles. The third kappa shape index (κ3) is 4.66. The van der Waals surface area contributed by atoms with Crippen molar-refractivity contribution in [3.05, 3.63) is 191 Å². The molecule has 0 bridgehead atoms. The highest BCUT2D eigenvalue weighted by Gasteiger charge is 2.60. The van der Waals surface area contributed by atoms with Gasteiger partial charge >= 0.3 is 0 Å². The molecular formula is C54H48BN3Si2. The lowest BCUT2D eigenvalue weighted by Gasteiger charge is -2.47. The summed E-state index contributed by atoms with van der Waals surface area (Å²) in [6.07, 6.45) is 0. The first-order valence-electron chi connectivity index (χ1n) is 21.6. The van der Waals surface area contributed by atoms with Crippen LogP contribution in [-0.2, 0) is 5.41 Å². The van der Waals surface area contributed by atoms with Gasteiger partial charge in [0.15, 0.2) is 0 Å². The number of hydrogen-bond acceptors (Lipinski definition) is 2. The number of anilines is 5. The van der Waals surface area contributed by atoms with Gasteiger partial charge in [0.25, 0.3) is 0 Å². The Hall–Kier alpha value is -6.08. The van der Waals surface area contributed by atoms with Crippen molar-refractivity contribution in [1.82, 2.24) is 4.57 Å². The monoisotopic (exact) mass is 805 g/mol. The molecule has 8 aromatic rings. The SMILES string of the molecule is CC(C)(C)c1cc2c3c(c1)N(c1ccccc1)c1cc(-n4c5ccccc5c5ccccc54)ccc1B3C1=C(C3=C([Si]1(C)C)[Si](C)(C)c1ccccc13)N2c1ccccc1. The predicted molar refractivity (Wildman–Crippen MR) is 263 cm³/mol. The van der Waals surface area contributed by atoms with Crippen molar-refractivity contribution in [3.63, 3.8) is 0 Å². The van der Waals surface area contributed by atoms with E-state index in [-0.39, 0.29) is 12.1 Å². The summed E-state index contributed by atoms with van der Waals surface area (Å²) in [5, 5.41) is 5.83. The summed E-state index contributed by atoms with van der Waals surface area (Å²) in [4.78, 5) is 7.12. The van der Waals surface area contributed by atoms with Gasteiger partial charge in [-0.25, -0.2) is 0 Å². The molecule has 7 aromatic carbocycles.